The molecule has 0 aromatic carbocycles. The molecule has 0 aromatic heterocycles. The minimum atomic E-state index is -1.02. The zero-order valence-electron chi connectivity index (χ0n) is 11.5. The summed E-state index contributed by atoms with van der Waals surface area (Å²) in [4.78, 5) is 22.7. The second-order valence-electron chi connectivity index (χ2n) is 4.50. The summed E-state index contributed by atoms with van der Waals surface area (Å²) in [7, 11) is 0. The summed E-state index contributed by atoms with van der Waals surface area (Å²) in [5, 5.41) is 9.14. The van der Waals surface area contributed by atoms with Crippen LogP contribution in [0.15, 0.2) is 47.1 Å². The normalized spacial score (nSPS) is 12.8. The molecule has 3 nitrogen and oxygen atoms in total. The van der Waals surface area contributed by atoms with Gasteiger partial charge in [0.15, 0.2) is 5.78 Å². The first kappa shape index (κ1) is 16.1. The molecule has 0 aliphatic rings. The van der Waals surface area contributed by atoms with E-state index in [2.05, 4.69) is 13.2 Å². The fraction of sp³-hybridized carbons (Fsp3) is 0.333. The molecule has 0 aromatic rings. The second kappa shape index (κ2) is 6.74. The molecule has 0 heterocycles. The Morgan fingerprint density at radius 2 is 1.61 bits per heavy atom. The SMILES string of the molecule is C=C(C)C=C(C(=O)O)C(C)=C(C)CC(=O)C(=C)C. The van der Waals surface area contributed by atoms with E-state index in [1.54, 1.807) is 27.7 Å². The molecule has 18 heavy (non-hydrogen) atoms. The highest BCUT2D eigenvalue weighted by Crippen LogP contribution is 2.19. The average molecular weight is 248 g/mol. The maximum atomic E-state index is 11.6. The Bertz CT molecular complexity index is 462. The Morgan fingerprint density at radius 3 is 1.94 bits per heavy atom. The molecule has 0 radical (unpaired) electrons. The highest BCUT2D eigenvalue weighted by molar-refractivity contribution is 5.97. The number of ketones is 1. The van der Waals surface area contributed by atoms with Crippen molar-refractivity contribution in [1.82, 2.24) is 0 Å². The number of carboxylic acid groups (broad SMARTS) is 1. The Morgan fingerprint density at radius 1 is 1.11 bits per heavy atom. The molecule has 0 spiro atoms. The van der Waals surface area contributed by atoms with Gasteiger partial charge in [-0.05, 0) is 44.9 Å². The van der Waals surface area contributed by atoms with Gasteiger partial charge in [0.2, 0.25) is 0 Å². The topological polar surface area (TPSA) is 54.4 Å². The van der Waals surface area contributed by atoms with Crippen LogP contribution in [0.1, 0.15) is 34.1 Å². The number of allylic oxidation sites excluding steroid dienone is 4. The van der Waals surface area contributed by atoms with Crippen molar-refractivity contribution >= 4 is 11.8 Å². The first-order valence-corrected chi connectivity index (χ1v) is 5.62. The lowest BCUT2D eigenvalue weighted by molar-refractivity contribution is -0.132. The summed E-state index contributed by atoms with van der Waals surface area (Å²) >= 11 is 0. The van der Waals surface area contributed by atoms with Crippen LogP contribution >= 0.6 is 0 Å². The minimum absolute atomic E-state index is 0.0769. The van der Waals surface area contributed by atoms with E-state index in [0.29, 0.717) is 16.7 Å². The van der Waals surface area contributed by atoms with Gasteiger partial charge in [0.1, 0.15) is 0 Å². The summed E-state index contributed by atoms with van der Waals surface area (Å²) in [6, 6.07) is 0. The van der Waals surface area contributed by atoms with Crippen LogP contribution in [0, 0.1) is 0 Å². The molecule has 0 aliphatic heterocycles. The largest absolute Gasteiger partial charge is 0.478 e. The van der Waals surface area contributed by atoms with Crippen molar-refractivity contribution in [2.24, 2.45) is 0 Å². The molecule has 0 amide bonds. The van der Waals surface area contributed by atoms with Crippen LogP contribution in [-0.2, 0) is 9.59 Å². The Labute approximate surface area is 108 Å². The Hall–Kier alpha value is -1.90. The van der Waals surface area contributed by atoms with Gasteiger partial charge < -0.3 is 5.11 Å². The molecular weight excluding hydrogens is 228 g/mol. The van der Waals surface area contributed by atoms with Gasteiger partial charge in [-0.3, -0.25) is 4.79 Å². The highest BCUT2D eigenvalue weighted by atomic mass is 16.4. The third-order valence-corrected chi connectivity index (χ3v) is 2.57. The number of hydrogen-bond acceptors (Lipinski definition) is 2. The van der Waals surface area contributed by atoms with Gasteiger partial charge in [0.25, 0.3) is 0 Å². The summed E-state index contributed by atoms with van der Waals surface area (Å²) in [5.74, 6) is -1.09. The molecule has 0 rings (SSSR count). The van der Waals surface area contributed by atoms with E-state index in [1.807, 2.05) is 0 Å². The molecule has 0 saturated heterocycles. The predicted octanol–water partition coefficient (Wildman–Crippen LogP) is 3.45. The zero-order valence-corrected chi connectivity index (χ0v) is 11.5. The standard InChI is InChI=1S/C15H20O3/c1-9(2)7-13(15(17)18)12(6)11(5)8-14(16)10(3)4/h7H,1,3,8H2,2,4-6H3,(H,17,18). The number of aliphatic carboxylic acids is 1. The quantitative estimate of drug-likeness (QED) is 0.578. The average Bonchev–Trinajstić information content (AvgIpc) is 2.23. The molecule has 98 valence electrons. The number of Topliss-reactive ketones (excluding diaryl/α,β-unsaturated/α-hetero) is 1. The fourth-order valence-electron chi connectivity index (χ4n) is 1.33. The summed E-state index contributed by atoms with van der Waals surface area (Å²) in [6.07, 6.45) is 1.70. The number of carbonyl (C=O) groups excluding carboxylic acids is 1. The van der Waals surface area contributed by atoms with E-state index in [0.717, 1.165) is 5.57 Å². The number of carboxylic acids is 1. The van der Waals surface area contributed by atoms with Crippen molar-refractivity contribution in [3.8, 4) is 0 Å². The van der Waals surface area contributed by atoms with E-state index >= 15 is 0 Å². The lowest BCUT2D eigenvalue weighted by Gasteiger charge is -2.09. The van der Waals surface area contributed by atoms with Crippen molar-refractivity contribution in [3.05, 3.63) is 47.1 Å². The third-order valence-electron chi connectivity index (χ3n) is 2.57. The fourth-order valence-corrected chi connectivity index (χ4v) is 1.33. The van der Waals surface area contributed by atoms with E-state index < -0.39 is 5.97 Å². The van der Waals surface area contributed by atoms with Crippen LogP contribution in [0.5, 0.6) is 0 Å². The van der Waals surface area contributed by atoms with Crippen molar-refractivity contribution in [3.63, 3.8) is 0 Å². The second-order valence-corrected chi connectivity index (χ2v) is 4.50. The lowest BCUT2D eigenvalue weighted by atomic mass is 9.96. The van der Waals surface area contributed by atoms with Crippen LogP contribution in [0.3, 0.4) is 0 Å². The van der Waals surface area contributed by atoms with Gasteiger partial charge in [-0.15, -0.1) is 0 Å². The van der Waals surface area contributed by atoms with Crippen LogP contribution < -0.4 is 0 Å². The number of rotatable bonds is 6. The molecule has 0 bridgehead atoms. The third kappa shape index (κ3) is 4.95. The maximum absolute atomic E-state index is 11.6. The molecule has 0 unspecified atom stereocenters. The number of carbonyl (C=O) groups is 2. The first-order chi connectivity index (χ1) is 8.16. The van der Waals surface area contributed by atoms with Gasteiger partial charge in [0, 0.05) is 6.42 Å². The summed E-state index contributed by atoms with van der Waals surface area (Å²) in [5.41, 5.74) is 2.64. The summed E-state index contributed by atoms with van der Waals surface area (Å²) in [6.45, 7) is 14.1. The van der Waals surface area contributed by atoms with E-state index in [9.17, 15) is 9.59 Å². The Kier molecular flexibility index (Phi) is 6.03. The van der Waals surface area contributed by atoms with Gasteiger partial charge >= 0.3 is 5.97 Å². The van der Waals surface area contributed by atoms with Crippen molar-refractivity contribution in [2.75, 3.05) is 0 Å². The van der Waals surface area contributed by atoms with Crippen molar-refractivity contribution < 1.29 is 14.7 Å². The van der Waals surface area contributed by atoms with E-state index in [-0.39, 0.29) is 17.8 Å². The Balaban J connectivity index is 5.36. The molecule has 0 atom stereocenters. The minimum Gasteiger partial charge on any atom is -0.478 e. The van der Waals surface area contributed by atoms with Gasteiger partial charge in [-0.2, -0.15) is 0 Å². The molecule has 0 aliphatic carbocycles. The van der Waals surface area contributed by atoms with Gasteiger partial charge in [-0.1, -0.05) is 24.3 Å². The van der Waals surface area contributed by atoms with Gasteiger partial charge in [0.05, 0.1) is 5.57 Å². The zero-order chi connectivity index (χ0) is 14.5. The number of hydrogen-bond donors (Lipinski definition) is 1. The van der Waals surface area contributed by atoms with Gasteiger partial charge in [-0.25, -0.2) is 4.79 Å². The molecule has 0 fully saturated rings. The van der Waals surface area contributed by atoms with Crippen molar-refractivity contribution in [2.45, 2.75) is 34.1 Å². The maximum Gasteiger partial charge on any atom is 0.335 e. The van der Waals surface area contributed by atoms with Crippen molar-refractivity contribution in [1.29, 1.82) is 0 Å². The summed E-state index contributed by atoms with van der Waals surface area (Å²) < 4.78 is 0. The van der Waals surface area contributed by atoms with Crippen LogP contribution in [0.2, 0.25) is 0 Å². The molecule has 3 heteroatoms. The van der Waals surface area contributed by atoms with Crippen LogP contribution in [-0.4, -0.2) is 16.9 Å². The smallest absolute Gasteiger partial charge is 0.335 e. The molecule has 1 N–H and O–H groups in total. The molecular formula is C15H20O3. The van der Waals surface area contributed by atoms with E-state index in [1.165, 1.54) is 6.08 Å². The molecule has 0 saturated carbocycles. The van der Waals surface area contributed by atoms with E-state index in [4.69, 9.17) is 5.11 Å². The van der Waals surface area contributed by atoms with Crippen LogP contribution in [0.25, 0.3) is 0 Å². The lowest BCUT2D eigenvalue weighted by Crippen LogP contribution is -2.06. The predicted molar refractivity (Wildman–Crippen MR) is 73.3 cm³/mol. The monoisotopic (exact) mass is 248 g/mol. The highest BCUT2D eigenvalue weighted by Gasteiger charge is 2.14. The van der Waals surface area contributed by atoms with Crippen LogP contribution in [0.4, 0.5) is 0 Å². The first-order valence-electron chi connectivity index (χ1n) is 5.62.